The molecule has 0 aliphatic rings. The van der Waals surface area contributed by atoms with E-state index in [-0.39, 0.29) is 12.5 Å². The lowest BCUT2D eigenvalue weighted by Gasteiger charge is -2.08. The third kappa shape index (κ3) is 6.47. The second-order valence-electron chi connectivity index (χ2n) is 5.26. The minimum absolute atomic E-state index is 0.318. The summed E-state index contributed by atoms with van der Waals surface area (Å²) >= 11 is 5.90. The Labute approximate surface area is 151 Å². The Bertz CT molecular complexity index is 716. The standard InChI is InChI=1S/C19H20ClNO4/c1-2-24-17-8-6-15(7-9-17)19(23)25-13-18(22)21-11-10-14-4-3-5-16(20)12-14/h3-9,12H,2,10-11,13H2,1H3,(H,21,22). The highest BCUT2D eigenvalue weighted by Gasteiger charge is 2.10. The first-order valence-electron chi connectivity index (χ1n) is 7.99. The lowest BCUT2D eigenvalue weighted by atomic mass is 10.1. The minimum Gasteiger partial charge on any atom is -0.494 e. The van der Waals surface area contributed by atoms with E-state index in [9.17, 15) is 9.59 Å². The number of halogens is 1. The molecule has 2 aromatic rings. The highest BCUT2D eigenvalue weighted by molar-refractivity contribution is 6.30. The van der Waals surface area contributed by atoms with Crippen molar-refractivity contribution in [2.45, 2.75) is 13.3 Å². The molecule has 2 aromatic carbocycles. The Balaban J connectivity index is 1.71. The summed E-state index contributed by atoms with van der Waals surface area (Å²) in [5.41, 5.74) is 1.40. The van der Waals surface area contributed by atoms with Crippen LogP contribution in [-0.2, 0) is 16.0 Å². The lowest BCUT2D eigenvalue weighted by molar-refractivity contribution is -0.124. The molecule has 0 saturated heterocycles. The first-order valence-corrected chi connectivity index (χ1v) is 8.37. The molecule has 0 fully saturated rings. The van der Waals surface area contributed by atoms with Gasteiger partial charge in [-0.3, -0.25) is 4.79 Å². The van der Waals surface area contributed by atoms with Gasteiger partial charge < -0.3 is 14.8 Å². The number of benzene rings is 2. The average molecular weight is 362 g/mol. The first-order chi connectivity index (χ1) is 12.1. The van der Waals surface area contributed by atoms with E-state index in [1.807, 2.05) is 25.1 Å². The molecule has 0 aliphatic heterocycles. The van der Waals surface area contributed by atoms with E-state index in [2.05, 4.69) is 5.32 Å². The molecule has 0 heterocycles. The molecule has 5 nitrogen and oxygen atoms in total. The summed E-state index contributed by atoms with van der Waals surface area (Å²) in [6, 6.07) is 14.0. The lowest BCUT2D eigenvalue weighted by Crippen LogP contribution is -2.30. The van der Waals surface area contributed by atoms with Gasteiger partial charge in [-0.05, 0) is 55.3 Å². The Morgan fingerprint density at radius 3 is 2.56 bits per heavy atom. The minimum atomic E-state index is -0.548. The SMILES string of the molecule is CCOc1ccc(C(=O)OCC(=O)NCCc2cccc(Cl)c2)cc1. The summed E-state index contributed by atoms with van der Waals surface area (Å²) in [5, 5.41) is 3.36. The number of rotatable bonds is 8. The number of carbonyl (C=O) groups is 2. The van der Waals surface area contributed by atoms with Gasteiger partial charge in [-0.25, -0.2) is 4.79 Å². The molecule has 0 aromatic heterocycles. The van der Waals surface area contributed by atoms with Crippen LogP contribution < -0.4 is 10.1 Å². The fourth-order valence-corrected chi connectivity index (χ4v) is 2.37. The third-order valence-corrected chi connectivity index (χ3v) is 3.60. The van der Waals surface area contributed by atoms with E-state index >= 15 is 0 Å². The number of esters is 1. The van der Waals surface area contributed by atoms with Gasteiger partial charge in [0, 0.05) is 11.6 Å². The molecule has 0 saturated carbocycles. The van der Waals surface area contributed by atoms with Gasteiger partial charge in [-0.2, -0.15) is 0 Å². The summed E-state index contributed by atoms with van der Waals surface area (Å²) in [4.78, 5) is 23.6. The molecule has 132 valence electrons. The van der Waals surface area contributed by atoms with Crippen LogP contribution in [0.2, 0.25) is 5.02 Å². The molecule has 0 atom stereocenters. The van der Waals surface area contributed by atoms with Crippen molar-refractivity contribution in [3.63, 3.8) is 0 Å². The van der Waals surface area contributed by atoms with Crippen molar-refractivity contribution in [3.05, 3.63) is 64.7 Å². The van der Waals surface area contributed by atoms with Crippen LogP contribution in [0.3, 0.4) is 0 Å². The van der Waals surface area contributed by atoms with E-state index in [0.717, 1.165) is 5.56 Å². The maximum absolute atomic E-state index is 11.9. The van der Waals surface area contributed by atoms with Crippen LogP contribution in [0.25, 0.3) is 0 Å². The predicted octanol–water partition coefficient (Wildman–Crippen LogP) is 3.25. The number of amides is 1. The van der Waals surface area contributed by atoms with Gasteiger partial charge in [0.15, 0.2) is 6.61 Å². The fraction of sp³-hybridized carbons (Fsp3) is 0.263. The van der Waals surface area contributed by atoms with E-state index < -0.39 is 5.97 Å². The second-order valence-corrected chi connectivity index (χ2v) is 5.70. The van der Waals surface area contributed by atoms with E-state index in [4.69, 9.17) is 21.1 Å². The van der Waals surface area contributed by atoms with Crippen molar-refractivity contribution in [1.82, 2.24) is 5.32 Å². The van der Waals surface area contributed by atoms with Gasteiger partial charge in [-0.1, -0.05) is 23.7 Å². The van der Waals surface area contributed by atoms with Crippen LogP contribution in [0.4, 0.5) is 0 Å². The van der Waals surface area contributed by atoms with Gasteiger partial charge in [0.2, 0.25) is 0 Å². The summed E-state index contributed by atoms with van der Waals surface area (Å²) in [7, 11) is 0. The Kier molecular flexibility index (Phi) is 7.29. The highest BCUT2D eigenvalue weighted by atomic mass is 35.5. The zero-order valence-corrected chi connectivity index (χ0v) is 14.7. The molecular formula is C19H20ClNO4. The monoisotopic (exact) mass is 361 g/mol. The average Bonchev–Trinajstić information content (AvgIpc) is 2.61. The molecular weight excluding hydrogens is 342 g/mol. The molecule has 0 spiro atoms. The zero-order chi connectivity index (χ0) is 18.1. The molecule has 0 unspecified atom stereocenters. The van der Waals surface area contributed by atoms with Crippen LogP contribution in [0.5, 0.6) is 5.75 Å². The molecule has 1 amide bonds. The van der Waals surface area contributed by atoms with Crippen LogP contribution in [0, 0.1) is 0 Å². The number of hydrogen-bond acceptors (Lipinski definition) is 4. The van der Waals surface area contributed by atoms with Gasteiger partial charge in [0.25, 0.3) is 5.91 Å². The summed E-state index contributed by atoms with van der Waals surface area (Å²) in [5.74, 6) is -0.216. The molecule has 0 radical (unpaired) electrons. The summed E-state index contributed by atoms with van der Waals surface area (Å²) < 4.78 is 10.3. The van der Waals surface area contributed by atoms with Crippen molar-refractivity contribution in [1.29, 1.82) is 0 Å². The van der Waals surface area contributed by atoms with Gasteiger partial charge in [0.05, 0.1) is 12.2 Å². The summed E-state index contributed by atoms with van der Waals surface area (Å²) in [6.45, 7) is 2.56. The number of ether oxygens (including phenoxy) is 2. The van der Waals surface area contributed by atoms with Crippen molar-refractivity contribution in [2.75, 3.05) is 19.8 Å². The van der Waals surface area contributed by atoms with Gasteiger partial charge in [-0.15, -0.1) is 0 Å². The van der Waals surface area contributed by atoms with E-state index in [1.165, 1.54) is 0 Å². The zero-order valence-electron chi connectivity index (χ0n) is 14.0. The van der Waals surface area contributed by atoms with Crippen molar-refractivity contribution in [2.24, 2.45) is 0 Å². The second kappa shape index (κ2) is 9.69. The van der Waals surface area contributed by atoms with Crippen LogP contribution in [0.15, 0.2) is 48.5 Å². The smallest absolute Gasteiger partial charge is 0.338 e. The number of hydrogen-bond donors (Lipinski definition) is 1. The van der Waals surface area contributed by atoms with Gasteiger partial charge >= 0.3 is 5.97 Å². The van der Waals surface area contributed by atoms with Crippen LogP contribution >= 0.6 is 11.6 Å². The third-order valence-electron chi connectivity index (χ3n) is 3.36. The normalized spacial score (nSPS) is 10.2. The van der Waals surface area contributed by atoms with E-state index in [1.54, 1.807) is 30.3 Å². The van der Waals surface area contributed by atoms with Gasteiger partial charge in [0.1, 0.15) is 5.75 Å². The quantitative estimate of drug-likeness (QED) is 0.733. The largest absolute Gasteiger partial charge is 0.494 e. The maximum Gasteiger partial charge on any atom is 0.338 e. The van der Waals surface area contributed by atoms with Crippen LogP contribution in [0.1, 0.15) is 22.8 Å². The Hall–Kier alpha value is -2.53. The molecule has 1 N–H and O–H groups in total. The van der Waals surface area contributed by atoms with Crippen molar-refractivity contribution < 1.29 is 19.1 Å². The highest BCUT2D eigenvalue weighted by Crippen LogP contribution is 2.13. The molecule has 6 heteroatoms. The molecule has 2 rings (SSSR count). The molecule has 25 heavy (non-hydrogen) atoms. The topological polar surface area (TPSA) is 64.6 Å². The first kappa shape index (κ1) is 18.8. The molecule has 0 aliphatic carbocycles. The summed E-state index contributed by atoms with van der Waals surface area (Å²) in [6.07, 6.45) is 0.652. The van der Waals surface area contributed by atoms with Crippen molar-refractivity contribution >= 4 is 23.5 Å². The molecule has 0 bridgehead atoms. The fourth-order valence-electron chi connectivity index (χ4n) is 2.16. The predicted molar refractivity (Wildman–Crippen MR) is 96.1 cm³/mol. The Morgan fingerprint density at radius 2 is 1.88 bits per heavy atom. The van der Waals surface area contributed by atoms with Crippen molar-refractivity contribution in [3.8, 4) is 5.75 Å². The van der Waals surface area contributed by atoms with Crippen LogP contribution in [-0.4, -0.2) is 31.6 Å². The Morgan fingerprint density at radius 1 is 1.12 bits per heavy atom. The maximum atomic E-state index is 11.9. The van der Waals surface area contributed by atoms with E-state index in [0.29, 0.717) is 35.9 Å². The number of carbonyl (C=O) groups excluding carboxylic acids is 2. The number of nitrogens with one attached hydrogen (secondary N) is 1.